The molecule has 2 aromatic carbocycles. The average Bonchev–Trinajstić information content (AvgIpc) is 2.68. The smallest absolute Gasteiger partial charge is 0.328 e. The summed E-state index contributed by atoms with van der Waals surface area (Å²) in [6.07, 6.45) is 1.37. The molecule has 3 aromatic rings. The van der Waals surface area contributed by atoms with Crippen LogP contribution < -0.4 is 10.2 Å². The van der Waals surface area contributed by atoms with E-state index in [2.05, 4.69) is 15.3 Å². The molecule has 0 saturated carbocycles. The van der Waals surface area contributed by atoms with Crippen LogP contribution in [0, 0.1) is 24.4 Å². The summed E-state index contributed by atoms with van der Waals surface area (Å²) in [6.45, 7) is 1.71. The highest BCUT2D eigenvalue weighted by atomic mass is 32.2. The molecule has 0 radical (unpaired) electrons. The number of rotatable bonds is 3. The summed E-state index contributed by atoms with van der Waals surface area (Å²) in [4.78, 5) is 22.2. The van der Waals surface area contributed by atoms with Gasteiger partial charge in [-0.15, -0.1) is 0 Å². The number of nitrogens with one attached hydrogen (secondary N) is 1. The molecule has 0 aliphatic carbocycles. The van der Waals surface area contributed by atoms with Gasteiger partial charge in [-0.05, 0) is 42.8 Å². The quantitative estimate of drug-likeness (QED) is 0.636. The second kappa shape index (κ2) is 7.52. The molecule has 30 heavy (non-hydrogen) atoms. The van der Waals surface area contributed by atoms with E-state index in [-0.39, 0.29) is 23.2 Å². The Morgan fingerprint density at radius 1 is 1.07 bits per heavy atom. The zero-order chi connectivity index (χ0) is 21.6. The van der Waals surface area contributed by atoms with E-state index in [1.807, 2.05) is 0 Å². The van der Waals surface area contributed by atoms with Crippen molar-refractivity contribution >= 4 is 28.3 Å². The van der Waals surface area contributed by atoms with Gasteiger partial charge in [-0.3, -0.25) is 4.21 Å². The van der Waals surface area contributed by atoms with Crippen LogP contribution in [0.3, 0.4) is 0 Å². The molecule has 1 N–H and O–H groups in total. The molecule has 4 rings (SSSR count). The number of fused-ring (bicyclic) bond motifs is 1. The van der Waals surface area contributed by atoms with E-state index in [0.717, 1.165) is 17.0 Å². The van der Waals surface area contributed by atoms with Crippen molar-refractivity contribution in [2.45, 2.75) is 18.6 Å². The minimum absolute atomic E-state index is 0.0241. The van der Waals surface area contributed by atoms with Crippen LogP contribution in [0.5, 0.6) is 0 Å². The summed E-state index contributed by atoms with van der Waals surface area (Å²) in [5.74, 6) is -2.16. The Morgan fingerprint density at radius 3 is 2.43 bits per heavy atom. The molecule has 0 bridgehead atoms. The fourth-order valence-electron chi connectivity index (χ4n) is 3.27. The van der Waals surface area contributed by atoms with Crippen LogP contribution in [0.2, 0.25) is 0 Å². The Balaban J connectivity index is 2.01. The van der Waals surface area contributed by atoms with Gasteiger partial charge in [-0.2, -0.15) is 0 Å². The topological polar surface area (TPSA) is 75.2 Å². The molecule has 2 amide bonds. The van der Waals surface area contributed by atoms with Crippen LogP contribution in [0.15, 0.2) is 41.6 Å². The molecule has 0 fully saturated rings. The second-order valence-electron chi connectivity index (χ2n) is 6.66. The first-order valence-corrected chi connectivity index (χ1v) is 10.4. The van der Waals surface area contributed by atoms with Gasteiger partial charge < -0.3 is 5.32 Å². The maximum atomic E-state index is 14.5. The van der Waals surface area contributed by atoms with E-state index in [4.69, 9.17) is 0 Å². The Bertz CT molecular complexity index is 1220. The fraction of sp³-hybridized carbons (Fsp3) is 0.150. The fourth-order valence-corrected chi connectivity index (χ4v) is 3.70. The number of aromatic nitrogens is 2. The summed E-state index contributed by atoms with van der Waals surface area (Å²) < 4.78 is 53.6. The number of amides is 2. The van der Waals surface area contributed by atoms with Gasteiger partial charge in [0.1, 0.15) is 17.5 Å². The lowest BCUT2D eigenvalue weighted by Crippen LogP contribution is -2.42. The number of halogens is 3. The lowest BCUT2D eigenvalue weighted by atomic mass is 10.00. The van der Waals surface area contributed by atoms with E-state index in [1.54, 1.807) is 6.92 Å². The summed E-state index contributed by atoms with van der Waals surface area (Å²) in [5.41, 5.74) is 1.68. The third-order valence-electron chi connectivity index (χ3n) is 4.65. The number of carbonyl (C=O) groups is 1. The van der Waals surface area contributed by atoms with Crippen LogP contribution in [-0.4, -0.2) is 26.5 Å². The third kappa shape index (κ3) is 3.43. The van der Waals surface area contributed by atoms with E-state index in [1.165, 1.54) is 24.5 Å². The molecule has 2 heterocycles. The standard InChI is InChI=1S/C20H15F3N4O2S/c1-10-7-11(21)3-5-13(10)17-14-9-24-20(28)27(16-6-4-12(22)8-15(16)23)18(14)26-19(25-17)30(2)29/h3-8H,9H2,1-2H3,(H,24,28). The third-order valence-corrected chi connectivity index (χ3v) is 5.34. The minimum atomic E-state index is -1.62. The number of carbonyl (C=O) groups excluding carboxylic acids is 1. The van der Waals surface area contributed by atoms with Crippen LogP contribution >= 0.6 is 0 Å². The average molecular weight is 432 g/mol. The van der Waals surface area contributed by atoms with Gasteiger partial charge in [-0.1, -0.05) is 0 Å². The second-order valence-corrected chi connectivity index (χ2v) is 7.93. The molecule has 0 saturated heterocycles. The largest absolute Gasteiger partial charge is 0.333 e. The molecular weight excluding hydrogens is 417 g/mol. The Kier molecular flexibility index (Phi) is 5.02. The number of hydrogen-bond acceptors (Lipinski definition) is 4. The van der Waals surface area contributed by atoms with E-state index in [9.17, 15) is 22.2 Å². The highest BCUT2D eigenvalue weighted by Gasteiger charge is 2.33. The van der Waals surface area contributed by atoms with Crippen molar-refractivity contribution in [3.63, 3.8) is 0 Å². The normalized spacial score (nSPS) is 14.3. The molecule has 1 aromatic heterocycles. The zero-order valence-electron chi connectivity index (χ0n) is 15.9. The summed E-state index contributed by atoms with van der Waals surface area (Å²) in [5, 5.41) is 2.54. The Hall–Kier alpha value is -3.27. The van der Waals surface area contributed by atoms with Crippen molar-refractivity contribution in [3.05, 3.63) is 65.0 Å². The molecule has 154 valence electrons. The summed E-state index contributed by atoms with van der Waals surface area (Å²) in [6, 6.07) is 6.22. The van der Waals surface area contributed by atoms with Gasteiger partial charge in [0.15, 0.2) is 5.82 Å². The van der Waals surface area contributed by atoms with Crippen molar-refractivity contribution < 1.29 is 22.2 Å². The van der Waals surface area contributed by atoms with E-state index < -0.39 is 34.3 Å². The van der Waals surface area contributed by atoms with Gasteiger partial charge in [0.05, 0.1) is 28.7 Å². The van der Waals surface area contributed by atoms with Crippen molar-refractivity contribution in [2.24, 2.45) is 0 Å². The highest BCUT2D eigenvalue weighted by molar-refractivity contribution is 7.84. The molecule has 10 heteroatoms. The van der Waals surface area contributed by atoms with Crippen molar-refractivity contribution in [1.82, 2.24) is 15.3 Å². The van der Waals surface area contributed by atoms with Gasteiger partial charge in [0.25, 0.3) is 0 Å². The number of nitrogens with zero attached hydrogens (tertiary/aromatic N) is 3. The molecule has 1 aliphatic heterocycles. The first-order chi connectivity index (χ1) is 14.3. The van der Waals surface area contributed by atoms with Crippen LogP contribution in [0.4, 0.5) is 29.5 Å². The van der Waals surface area contributed by atoms with Gasteiger partial charge in [-0.25, -0.2) is 32.8 Å². The lowest BCUT2D eigenvalue weighted by molar-refractivity contribution is 0.246. The number of hydrogen-bond donors (Lipinski definition) is 1. The maximum absolute atomic E-state index is 14.5. The highest BCUT2D eigenvalue weighted by Crippen LogP contribution is 2.37. The predicted octanol–water partition coefficient (Wildman–Crippen LogP) is 3.97. The SMILES string of the molecule is Cc1cc(F)ccc1-c1nc(S(C)=O)nc2c1CNC(=O)N2c1ccc(F)cc1F. The number of urea groups is 1. The first-order valence-electron chi connectivity index (χ1n) is 8.80. The zero-order valence-corrected chi connectivity index (χ0v) is 16.7. The molecule has 1 unspecified atom stereocenters. The lowest BCUT2D eigenvalue weighted by Gasteiger charge is -2.30. The van der Waals surface area contributed by atoms with Gasteiger partial charge in [0, 0.05) is 23.4 Å². The molecule has 1 aliphatic rings. The van der Waals surface area contributed by atoms with E-state index in [0.29, 0.717) is 28.5 Å². The van der Waals surface area contributed by atoms with E-state index >= 15 is 0 Å². The van der Waals surface area contributed by atoms with Gasteiger partial charge in [0.2, 0.25) is 5.16 Å². The summed E-state index contributed by atoms with van der Waals surface area (Å²) >= 11 is 0. The monoisotopic (exact) mass is 432 g/mol. The first kappa shape index (κ1) is 20.0. The molecule has 1 atom stereocenters. The Labute approximate surface area is 172 Å². The van der Waals surface area contributed by atoms with Crippen LogP contribution in [0.1, 0.15) is 11.1 Å². The van der Waals surface area contributed by atoms with Crippen molar-refractivity contribution in [1.29, 1.82) is 0 Å². The minimum Gasteiger partial charge on any atom is -0.333 e. The van der Waals surface area contributed by atoms with Crippen LogP contribution in [-0.2, 0) is 17.3 Å². The molecule has 0 spiro atoms. The van der Waals surface area contributed by atoms with Gasteiger partial charge >= 0.3 is 6.03 Å². The number of anilines is 2. The molecule has 6 nitrogen and oxygen atoms in total. The Morgan fingerprint density at radius 2 is 1.77 bits per heavy atom. The van der Waals surface area contributed by atoms with Crippen molar-refractivity contribution in [2.75, 3.05) is 11.2 Å². The predicted molar refractivity (Wildman–Crippen MR) is 105 cm³/mol. The molecular formula is C20H15F3N4O2S. The van der Waals surface area contributed by atoms with Crippen LogP contribution in [0.25, 0.3) is 11.3 Å². The number of aryl methyl sites for hydroxylation is 1. The maximum Gasteiger partial charge on any atom is 0.328 e. The summed E-state index contributed by atoms with van der Waals surface area (Å²) in [7, 11) is -1.62. The van der Waals surface area contributed by atoms with Crippen molar-refractivity contribution in [3.8, 4) is 11.3 Å². The number of benzene rings is 2.